The van der Waals surface area contributed by atoms with Gasteiger partial charge >= 0.3 is 6.16 Å². The lowest BCUT2D eigenvalue weighted by atomic mass is 9.85. The lowest BCUT2D eigenvalue weighted by Crippen LogP contribution is -2.55. The Bertz CT molecular complexity index is 876. The van der Waals surface area contributed by atoms with Crippen molar-refractivity contribution in [3.8, 4) is 0 Å². The fourth-order valence-corrected chi connectivity index (χ4v) is 4.41. The SMILES string of the molecule is CCOC(=O)OC1=C(c2c(C)ccc(Cl)c2C)C(=O)N(OC)C12CCN(OC)CC2. The van der Waals surface area contributed by atoms with Crippen molar-refractivity contribution in [1.82, 2.24) is 10.1 Å². The molecule has 1 aromatic carbocycles. The summed E-state index contributed by atoms with van der Waals surface area (Å²) >= 11 is 6.37. The summed E-state index contributed by atoms with van der Waals surface area (Å²) in [6.45, 7) is 6.62. The molecule has 0 unspecified atom stereocenters. The van der Waals surface area contributed by atoms with Gasteiger partial charge in [-0.25, -0.2) is 9.86 Å². The predicted molar refractivity (Wildman–Crippen MR) is 110 cm³/mol. The van der Waals surface area contributed by atoms with E-state index < -0.39 is 11.7 Å². The second-order valence-corrected chi connectivity index (χ2v) is 7.69. The molecule has 0 radical (unpaired) electrons. The second kappa shape index (κ2) is 8.93. The number of hydrogen-bond acceptors (Lipinski definition) is 7. The lowest BCUT2D eigenvalue weighted by Gasteiger charge is -2.42. The van der Waals surface area contributed by atoms with Crippen molar-refractivity contribution in [1.29, 1.82) is 0 Å². The van der Waals surface area contributed by atoms with Crippen molar-refractivity contribution < 1.29 is 28.7 Å². The first kappa shape index (κ1) is 22.6. The van der Waals surface area contributed by atoms with Crippen molar-refractivity contribution in [2.45, 2.75) is 39.2 Å². The van der Waals surface area contributed by atoms with Crippen LogP contribution in [0.4, 0.5) is 4.79 Å². The summed E-state index contributed by atoms with van der Waals surface area (Å²) in [4.78, 5) is 36.8. The van der Waals surface area contributed by atoms with Crippen molar-refractivity contribution in [3.63, 3.8) is 0 Å². The summed E-state index contributed by atoms with van der Waals surface area (Å²) in [6, 6.07) is 3.62. The normalized spacial score (nSPS) is 19.0. The monoisotopic (exact) mass is 438 g/mol. The number of halogens is 1. The number of carbonyl (C=O) groups excluding carboxylic acids is 2. The van der Waals surface area contributed by atoms with Gasteiger partial charge < -0.3 is 14.3 Å². The molecule has 3 rings (SSSR count). The van der Waals surface area contributed by atoms with Gasteiger partial charge in [-0.3, -0.25) is 9.63 Å². The molecule has 2 aliphatic heterocycles. The van der Waals surface area contributed by atoms with Gasteiger partial charge in [0.25, 0.3) is 5.91 Å². The summed E-state index contributed by atoms with van der Waals surface area (Å²) in [6.07, 6.45) is 0.0517. The standard InChI is InChI=1S/C21H27ClN2O6/c1-6-29-20(26)30-18-17(16-13(2)7-8-15(22)14(16)3)19(25)24(28-5)21(18)9-11-23(27-4)12-10-21/h7-8H,6,9-12H2,1-5H3. The van der Waals surface area contributed by atoms with Crippen LogP contribution >= 0.6 is 11.6 Å². The molecule has 2 heterocycles. The van der Waals surface area contributed by atoms with E-state index in [-0.39, 0.29) is 23.8 Å². The van der Waals surface area contributed by atoms with E-state index in [2.05, 4.69) is 0 Å². The zero-order valence-electron chi connectivity index (χ0n) is 17.9. The van der Waals surface area contributed by atoms with Crippen molar-refractivity contribution in [3.05, 3.63) is 39.6 Å². The first-order valence-electron chi connectivity index (χ1n) is 9.83. The van der Waals surface area contributed by atoms with E-state index in [0.717, 1.165) is 11.1 Å². The molecular formula is C21H27ClN2O6. The van der Waals surface area contributed by atoms with Gasteiger partial charge in [-0.2, -0.15) is 5.06 Å². The Morgan fingerprint density at radius 2 is 1.83 bits per heavy atom. The molecule has 0 aromatic heterocycles. The Labute approximate surface area is 181 Å². The number of piperidine rings is 1. The Kier molecular flexibility index (Phi) is 6.71. The van der Waals surface area contributed by atoms with Crippen molar-refractivity contribution >= 4 is 29.2 Å². The van der Waals surface area contributed by atoms with Gasteiger partial charge in [-0.15, -0.1) is 0 Å². The number of benzene rings is 1. The Morgan fingerprint density at radius 3 is 2.40 bits per heavy atom. The molecule has 2 aliphatic rings. The minimum atomic E-state index is -0.954. The molecule has 1 fully saturated rings. The average Bonchev–Trinajstić information content (AvgIpc) is 2.93. The highest BCUT2D eigenvalue weighted by Crippen LogP contribution is 2.48. The minimum absolute atomic E-state index is 0.156. The van der Waals surface area contributed by atoms with Gasteiger partial charge in [-0.05, 0) is 56.4 Å². The summed E-state index contributed by atoms with van der Waals surface area (Å²) in [5.41, 5.74) is 1.53. The quantitative estimate of drug-likeness (QED) is 0.649. The van der Waals surface area contributed by atoms with E-state index >= 15 is 0 Å². The molecule has 0 N–H and O–H groups in total. The summed E-state index contributed by atoms with van der Waals surface area (Å²) < 4.78 is 10.7. The number of carbonyl (C=O) groups is 2. The van der Waals surface area contributed by atoms with Crippen LogP contribution in [0.25, 0.3) is 5.57 Å². The highest BCUT2D eigenvalue weighted by molar-refractivity contribution is 6.32. The maximum Gasteiger partial charge on any atom is 0.513 e. The third kappa shape index (κ3) is 3.69. The Balaban J connectivity index is 2.23. The van der Waals surface area contributed by atoms with E-state index in [1.165, 1.54) is 12.2 Å². The first-order valence-corrected chi connectivity index (χ1v) is 10.2. The van der Waals surface area contributed by atoms with Gasteiger partial charge in [0.15, 0.2) is 5.76 Å². The summed E-state index contributed by atoms with van der Waals surface area (Å²) in [7, 11) is 3.03. The number of hydroxylamine groups is 4. The van der Waals surface area contributed by atoms with E-state index in [1.807, 2.05) is 19.9 Å². The van der Waals surface area contributed by atoms with Crippen LogP contribution in [-0.2, 0) is 23.9 Å². The Morgan fingerprint density at radius 1 is 1.17 bits per heavy atom. The fraction of sp³-hybridized carbons (Fsp3) is 0.524. The van der Waals surface area contributed by atoms with Crippen LogP contribution in [0.3, 0.4) is 0 Å². The molecule has 1 spiro atoms. The van der Waals surface area contributed by atoms with Crippen LogP contribution in [0.2, 0.25) is 5.02 Å². The number of hydrogen-bond donors (Lipinski definition) is 0. The predicted octanol–water partition coefficient (Wildman–Crippen LogP) is 3.64. The molecule has 1 aromatic rings. The third-order valence-electron chi connectivity index (χ3n) is 5.73. The van der Waals surface area contributed by atoms with E-state index in [1.54, 1.807) is 25.2 Å². The zero-order valence-corrected chi connectivity index (χ0v) is 18.7. The fourth-order valence-electron chi connectivity index (χ4n) is 4.25. The van der Waals surface area contributed by atoms with Crippen LogP contribution in [-0.4, -0.2) is 61.6 Å². The van der Waals surface area contributed by atoms with Crippen LogP contribution in [0.5, 0.6) is 0 Å². The van der Waals surface area contributed by atoms with Gasteiger partial charge in [0.05, 0.1) is 26.4 Å². The molecule has 30 heavy (non-hydrogen) atoms. The number of ether oxygens (including phenoxy) is 2. The molecule has 164 valence electrons. The highest BCUT2D eigenvalue weighted by atomic mass is 35.5. The molecule has 0 bridgehead atoms. The number of nitrogens with zero attached hydrogens (tertiary/aromatic N) is 2. The van der Waals surface area contributed by atoms with Gasteiger partial charge in [-0.1, -0.05) is 17.7 Å². The molecule has 1 amide bonds. The minimum Gasteiger partial charge on any atom is -0.434 e. The molecule has 0 aliphatic carbocycles. The first-order chi connectivity index (χ1) is 14.3. The van der Waals surface area contributed by atoms with Crippen LogP contribution < -0.4 is 0 Å². The lowest BCUT2D eigenvalue weighted by molar-refractivity contribution is -0.221. The average molecular weight is 439 g/mol. The Hall–Kier alpha value is -2.13. The molecule has 8 nitrogen and oxygen atoms in total. The van der Waals surface area contributed by atoms with E-state index in [4.69, 9.17) is 30.7 Å². The molecular weight excluding hydrogens is 412 g/mol. The highest BCUT2D eigenvalue weighted by Gasteiger charge is 2.57. The maximum atomic E-state index is 13.6. The van der Waals surface area contributed by atoms with Crippen molar-refractivity contribution in [2.75, 3.05) is 33.9 Å². The molecule has 1 saturated heterocycles. The van der Waals surface area contributed by atoms with Gasteiger partial charge in [0.2, 0.25) is 0 Å². The topological polar surface area (TPSA) is 77.5 Å². The van der Waals surface area contributed by atoms with Crippen LogP contribution in [0.15, 0.2) is 17.9 Å². The number of amides is 1. The zero-order chi connectivity index (χ0) is 22.1. The van der Waals surface area contributed by atoms with Crippen molar-refractivity contribution in [2.24, 2.45) is 0 Å². The molecule has 0 atom stereocenters. The van der Waals surface area contributed by atoms with E-state index in [0.29, 0.717) is 36.5 Å². The third-order valence-corrected chi connectivity index (χ3v) is 6.14. The largest absolute Gasteiger partial charge is 0.513 e. The molecule has 9 heteroatoms. The van der Waals surface area contributed by atoms with Crippen LogP contribution in [0.1, 0.15) is 36.5 Å². The summed E-state index contributed by atoms with van der Waals surface area (Å²) in [5, 5.41) is 3.62. The number of aryl methyl sites for hydroxylation is 1. The van der Waals surface area contributed by atoms with Gasteiger partial charge in [0.1, 0.15) is 5.54 Å². The van der Waals surface area contributed by atoms with E-state index in [9.17, 15) is 9.59 Å². The number of rotatable bonds is 5. The molecule has 0 saturated carbocycles. The second-order valence-electron chi connectivity index (χ2n) is 7.28. The summed E-state index contributed by atoms with van der Waals surface area (Å²) in [5.74, 6) is -0.145. The maximum absolute atomic E-state index is 13.6. The van der Waals surface area contributed by atoms with Gasteiger partial charge in [0, 0.05) is 18.1 Å². The van der Waals surface area contributed by atoms with Crippen LogP contribution in [0, 0.1) is 13.8 Å². The smallest absolute Gasteiger partial charge is 0.434 e.